The summed E-state index contributed by atoms with van der Waals surface area (Å²) in [6.45, 7) is 2.07. The summed E-state index contributed by atoms with van der Waals surface area (Å²) >= 11 is 6.26. The van der Waals surface area contributed by atoms with E-state index in [0.717, 1.165) is 0 Å². The van der Waals surface area contributed by atoms with Crippen LogP contribution in [0.5, 0.6) is 5.75 Å². The Labute approximate surface area is 98.3 Å². The van der Waals surface area contributed by atoms with E-state index in [1.54, 1.807) is 6.92 Å². The lowest BCUT2D eigenvalue weighted by atomic mass is 10.6. The average Bonchev–Trinajstić information content (AvgIpc) is 2.13. The Morgan fingerprint density at radius 2 is 1.93 bits per heavy atom. The summed E-state index contributed by atoms with van der Waals surface area (Å²) in [6, 6.07) is 3.02. The molecule has 0 aliphatic rings. The van der Waals surface area contributed by atoms with Gasteiger partial charge in [-0.15, -0.1) is 0 Å². The third-order valence-corrected chi connectivity index (χ3v) is 2.74. The summed E-state index contributed by atoms with van der Waals surface area (Å²) in [5.41, 5.74) is 0.392. The van der Waals surface area contributed by atoms with Gasteiger partial charge in [0.05, 0.1) is 21.1 Å². The largest absolute Gasteiger partial charge is 0.506 e. The number of phenols is 1. The molecule has 0 aliphatic heterocycles. The van der Waals surface area contributed by atoms with Crippen molar-refractivity contribution in [1.29, 1.82) is 0 Å². The van der Waals surface area contributed by atoms with Crippen LogP contribution in [-0.4, -0.2) is 17.7 Å². The SMILES string of the molecule is CCOC(=O)[13c]1c[13c](Br)c(O)[13c](Br)c1. The smallest absolute Gasteiger partial charge is 0.338 e. The van der Waals surface area contributed by atoms with Gasteiger partial charge in [-0.05, 0) is 50.9 Å². The Morgan fingerprint density at radius 1 is 1.43 bits per heavy atom. The van der Waals surface area contributed by atoms with Gasteiger partial charge < -0.3 is 9.84 Å². The molecule has 1 N–H and O–H groups in total. The standard InChI is InChI=1S/C9H8Br2O3/c1-2-14-9(13)5-3-6(10)8(12)7(11)4-5/h3-4,12H,2H2,1H3/i5+1,6+1,7+1. The van der Waals surface area contributed by atoms with E-state index in [1.807, 2.05) is 0 Å². The number of carbonyl (C=O) groups excluding carboxylic acids is 1. The number of rotatable bonds is 2. The lowest BCUT2D eigenvalue weighted by molar-refractivity contribution is 0.0526. The van der Waals surface area contributed by atoms with E-state index in [4.69, 9.17) is 4.74 Å². The van der Waals surface area contributed by atoms with Crippen molar-refractivity contribution >= 4 is 37.8 Å². The molecule has 5 heteroatoms. The van der Waals surface area contributed by atoms with Gasteiger partial charge in [-0.2, -0.15) is 0 Å². The first kappa shape index (κ1) is 11.5. The number of halogens is 2. The third kappa shape index (κ3) is 2.48. The molecule has 0 saturated carbocycles. The maximum Gasteiger partial charge on any atom is 0.338 e. The van der Waals surface area contributed by atoms with E-state index in [9.17, 15) is 9.90 Å². The minimum absolute atomic E-state index is 0.0676. The number of phenolic OH excluding ortho intramolecular Hbond substituents is 1. The topological polar surface area (TPSA) is 46.5 Å². The van der Waals surface area contributed by atoms with Crippen molar-refractivity contribution in [3.05, 3.63) is 26.6 Å². The molecule has 0 spiro atoms. The van der Waals surface area contributed by atoms with Gasteiger partial charge in [-0.25, -0.2) is 4.79 Å². The highest BCUT2D eigenvalue weighted by atomic mass is 79.9. The van der Waals surface area contributed by atoms with Crippen molar-refractivity contribution in [2.75, 3.05) is 6.61 Å². The maximum atomic E-state index is 11.3. The monoisotopic (exact) mass is 325 g/mol. The van der Waals surface area contributed by atoms with Crippen LogP contribution in [0.25, 0.3) is 0 Å². The second-order valence-electron chi connectivity index (χ2n) is 2.51. The lowest BCUT2D eigenvalue weighted by Gasteiger charge is -2.05. The Morgan fingerprint density at radius 3 is 2.36 bits per heavy atom. The van der Waals surface area contributed by atoms with Crippen LogP contribution in [0.4, 0.5) is 0 Å². The number of hydrogen-bond donors (Lipinski definition) is 1. The van der Waals surface area contributed by atoms with Crippen molar-refractivity contribution in [2.24, 2.45) is 0 Å². The minimum atomic E-state index is -0.408. The minimum Gasteiger partial charge on any atom is -0.506 e. The van der Waals surface area contributed by atoms with E-state index in [1.165, 1.54) is 12.1 Å². The summed E-state index contributed by atoms with van der Waals surface area (Å²) in [5, 5.41) is 9.40. The summed E-state index contributed by atoms with van der Waals surface area (Å²) in [4.78, 5) is 11.3. The van der Waals surface area contributed by atoms with Gasteiger partial charge in [0.2, 0.25) is 0 Å². The molecule has 0 fully saturated rings. The predicted molar refractivity (Wildman–Crippen MR) is 59.5 cm³/mol. The first-order chi connectivity index (χ1) is 6.56. The second-order valence-corrected chi connectivity index (χ2v) is 4.22. The highest BCUT2D eigenvalue weighted by molar-refractivity contribution is 9.11. The number of hydrogen-bond acceptors (Lipinski definition) is 3. The van der Waals surface area contributed by atoms with Crippen LogP contribution in [0, 0.1) is 0 Å². The van der Waals surface area contributed by atoms with Gasteiger partial charge in [0, 0.05) is 0 Å². The molecule has 0 atom stereocenters. The molecule has 1 aromatic carbocycles. The zero-order valence-electron chi connectivity index (χ0n) is 7.38. The predicted octanol–water partition coefficient (Wildman–Crippen LogP) is 3.09. The molecule has 0 bridgehead atoms. The highest BCUT2D eigenvalue weighted by Gasteiger charge is 2.12. The first-order valence-corrected chi connectivity index (χ1v) is 5.50. The molecule has 0 unspecified atom stereocenters. The van der Waals surface area contributed by atoms with Crippen LogP contribution < -0.4 is 0 Å². The van der Waals surface area contributed by atoms with Gasteiger partial charge >= 0.3 is 5.97 Å². The molecular formula is C9H8Br2O3. The molecule has 0 radical (unpaired) electrons. The van der Waals surface area contributed by atoms with Gasteiger partial charge in [-0.3, -0.25) is 0 Å². The molecule has 14 heavy (non-hydrogen) atoms. The normalized spacial score (nSPS) is 9.93. The molecule has 0 heterocycles. The highest BCUT2D eigenvalue weighted by Crippen LogP contribution is 2.33. The summed E-state index contributed by atoms with van der Waals surface area (Å²) < 4.78 is 5.72. The zero-order valence-corrected chi connectivity index (χ0v) is 10.6. The third-order valence-electron chi connectivity index (χ3n) is 1.53. The number of benzene rings is 1. The molecular weight excluding hydrogens is 319 g/mol. The van der Waals surface area contributed by atoms with E-state index in [2.05, 4.69) is 31.9 Å². The first-order valence-electron chi connectivity index (χ1n) is 3.91. The van der Waals surface area contributed by atoms with Crippen LogP contribution >= 0.6 is 31.9 Å². The Hall–Kier alpha value is -0.550. The van der Waals surface area contributed by atoms with Crippen LogP contribution in [-0.2, 0) is 4.74 Å². The van der Waals surface area contributed by atoms with Crippen molar-refractivity contribution in [3.8, 4) is 5.75 Å². The molecule has 1 aromatic rings. The lowest BCUT2D eigenvalue weighted by Crippen LogP contribution is -2.04. The molecule has 76 valence electrons. The summed E-state index contributed by atoms with van der Waals surface area (Å²) in [7, 11) is 0. The Kier molecular flexibility index (Phi) is 3.95. The Bertz CT molecular complexity index is 340. The number of ether oxygens (including phenoxy) is 1. The summed E-state index contributed by atoms with van der Waals surface area (Å²) in [6.07, 6.45) is 0. The van der Waals surface area contributed by atoms with Gasteiger partial charge in [0.1, 0.15) is 5.75 Å². The van der Waals surface area contributed by atoms with Crippen molar-refractivity contribution < 1.29 is 14.6 Å². The van der Waals surface area contributed by atoms with Crippen molar-refractivity contribution in [3.63, 3.8) is 0 Å². The molecule has 0 saturated heterocycles. The zero-order chi connectivity index (χ0) is 10.7. The van der Waals surface area contributed by atoms with Crippen LogP contribution in [0.3, 0.4) is 0 Å². The molecule has 0 aliphatic carbocycles. The van der Waals surface area contributed by atoms with Crippen LogP contribution in [0.1, 0.15) is 17.3 Å². The van der Waals surface area contributed by atoms with E-state index < -0.39 is 5.97 Å². The maximum absolute atomic E-state index is 11.3. The fourth-order valence-electron chi connectivity index (χ4n) is 0.898. The molecule has 1 rings (SSSR count). The average molecular weight is 327 g/mol. The number of esters is 1. The fourth-order valence-corrected chi connectivity index (χ4v) is 2.08. The second kappa shape index (κ2) is 4.79. The van der Waals surface area contributed by atoms with Gasteiger partial charge in [0.25, 0.3) is 0 Å². The van der Waals surface area contributed by atoms with Crippen LogP contribution in [0.2, 0.25) is 0 Å². The van der Waals surface area contributed by atoms with Crippen LogP contribution in [0.15, 0.2) is 21.1 Å². The quantitative estimate of drug-likeness (QED) is 0.849. The van der Waals surface area contributed by atoms with E-state index in [0.29, 0.717) is 21.1 Å². The van der Waals surface area contributed by atoms with Gasteiger partial charge in [0.15, 0.2) is 0 Å². The Balaban J connectivity index is 3.06. The summed E-state index contributed by atoms with van der Waals surface area (Å²) in [5.74, 6) is -0.341. The van der Waals surface area contributed by atoms with E-state index in [-0.39, 0.29) is 5.75 Å². The van der Waals surface area contributed by atoms with E-state index >= 15 is 0 Å². The number of aromatic hydroxyl groups is 1. The van der Waals surface area contributed by atoms with Gasteiger partial charge in [-0.1, -0.05) is 0 Å². The number of carbonyl (C=O) groups is 1. The molecule has 3 nitrogen and oxygen atoms in total. The van der Waals surface area contributed by atoms with Crippen molar-refractivity contribution in [1.82, 2.24) is 0 Å². The van der Waals surface area contributed by atoms with Crippen molar-refractivity contribution in [2.45, 2.75) is 6.92 Å². The molecule has 0 amide bonds. The fraction of sp³-hybridized carbons (Fsp3) is 0.222. The molecule has 0 aromatic heterocycles.